The molecule has 3 rings (SSSR count). The molecule has 0 unspecified atom stereocenters. The molecule has 1 amide bonds. The molecule has 0 atom stereocenters. The predicted octanol–water partition coefficient (Wildman–Crippen LogP) is 1.77. The summed E-state index contributed by atoms with van der Waals surface area (Å²) in [6, 6.07) is 0. The lowest BCUT2D eigenvalue weighted by Gasteiger charge is -2.27. The van der Waals surface area contributed by atoms with Gasteiger partial charge in [-0.15, -0.1) is 21.5 Å². The van der Waals surface area contributed by atoms with Gasteiger partial charge in [0.25, 0.3) is 0 Å². The first-order valence-electron chi connectivity index (χ1n) is 8.17. The Morgan fingerprint density at radius 3 is 2.84 bits per heavy atom. The number of hydrogen-bond donors (Lipinski definition) is 0. The van der Waals surface area contributed by atoms with E-state index in [1.165, 1.54) is 11.3 Å². The first-order valence-corrected chi connectivity index (χ1v) is 10.0. The molecule has 136 valence electrons. The average Bonchev–Trinajstić information content (AvgIpc) is 3.21. The van der Waals surface area contributed by atoms with Crippen LogP contribution in [-0.4, -0.2) is 58.5 Å². The maximum atomic E-state index is 11.6. The zero-order valence-corrected chi connectivity index (χ0v) is 16.3. The van der Waals surface area contributed by atoms with E-state index in [-0.39, 0.29) is 5.91 Å². The van der Waals surface area contributed by atoms with Crippen LogP contribution in [0.25, 0.3) is 0 Å². The minimum atomic E-state index is 0.0134. The van der Waals surface area contributed by atoms with Crippen LogP contribution >= 0.6 is 23.1 Å². The van der Waals surface area contributed by atoms with Gasteiger partial charge in [0, 0.05) is 44.7 Å². The van der Waals surface area contributed by atoms with Gasteiger partial charge in [0.2, 0.25) is 11.9 Å². The largest absolute Gasteiger partial charge is 0.378 e. The van der Waals surface area contributed by atoms with Gasteiger partial charge >= 0.3 is 0 Å². The van der Waals surface area contributed by atoms with Gasteiger partial charge in [-0.3, -0.25) is 14.3 Å². The SMILES string of the molecule is CCN(C(C)=O)c1nc(CSc2nnc(N3CCOCC3)n2C)cs1. The molecule has 1 fully saturated rings. The summed E-state index contributed by atoms with van der Waals surface area (Å²) in [6.45, 7) is 7.26. The molecule has 1 aliphatic rings. The Hall–Kier alpha value is -1.65. The van der Waals surface area contributed by atoms with Crippen LogP contribution < -0.4 is 9.80 Å². The molecule has 0 bridgehead atoms. The van der Waals surface area contributed by atoms with Crippen molar-refractivity contribution in [3.05, 3.63) is 11.1 Å². The molecular weight excluding hydrogens is 360 g/mol. The summed E-state index contributed by atoms with van der Waals surface area (Å²) in [5, 5.41) is 12.2. The molecule has 0 saturated carbocycles. The van der Waals surface area contributed by atoms with Crippen molar-refractivity contribution in [2.45, 2.75) is 24.8 Å². The third-order valence-electron chi connectivity index (χ3n) is 3.92. The van der Waals surface area contributed by atoms with E-state index in [0.717, 1.165) is 48.2 Å². The fourth-order valence-electron chi connectivity index (χ4n) is 2.59. The zero-order valence-electron chi connectivity index (χ0n) is 14.6. The molecule has 0 spiro atoms. The second-order valence-electron chi connectivity index (χ2n) is 5.61. The molecule has 2 aromatic rings. The second kappa shape index (κ2) is 8.15. The standard InChI is InChI=1S/C15H22N6O2S2/c1-4-21(11(2)22)14-16-12(9-24-14)10-25-15-18-17-13(19(15)3)20-5-7-23-8-6-20/h9H,4-8,10H2,1-3H3. The Bertz CT molecular complexity index is 725. The number of hydrogen-bond acceptors (Lipinski definition) is 8. The van der Waals surface area contributed by atoms with E-state index in [9.17, 15) is 4.79 Å². The number of carbonyl (C=O) groups excluding carboxylic acids is 1. The molecule has 8 nitrogen and oxygen atoms in total. The smallest absolute Gasteiger partial charge is 0.227 e. The second-order valence-corrected chi connectivity index (χ2v) is 7.39. The van der Waals surface area contributed by atoms with Crippen molar-refractivity contribution in [3.63, 3.8) is 0 Å². The van der Waals surface area contributed by atoms with Crippen molar-refractivity contribution in [2.75, 3.05) is 42.6 Å². The fourth-order valence-corrected chi connectivity index (χ4v) is 4.43. The summed E-state index contributed by atoms with van der Waals surface area (Å²) in [5.41, 5.74) is 0.945. The number of thiazole rings is 1. The van der Waals surface area contributed by atoms with Crippen molar-refractivity contribution in [3.8, 4) is 0 Å². The van der Waals surface area contributed by atoms with Crippen LogP contribution in [0.1, 0.15) is 19.5 Å². The van der Waals surface area contributed by atoms with Crippen molar-refractivity contribution in [1.82, 2.24) is 19.7 Å². The van der Waals surface area contributed by atoms with Crippen molar-refractivity contribution >= 4 is 40.1 Å². The van der Waals surface area contributed by atoms with E-state index in [4.69, 9.17) is 4.74 Å². The highest BCUT2D eigenvalue weighted by Gasteiger charge is 2.19. The first kappa shape index (κ1) is 18.2. The lowest BCUT2D eigenvalue weighted by atomic mass is 10.4. The van der Waals surface area contributed by atoms with Gasteiger partial charge in [-0.25, -0.2) is 4.98 Å². The maximum absolute atomic E-state index is 11.6. The van der Waals surface area contributed by atoms with Crippen LogP contribution in [0, 0.1) is 0 Å². The minimum Gasteiger partial charge on any atom is -0.378 e. The molecule has 2 aromatic heterocycles. The summed E-state index contributed by atoms with van der Waals surface area (Å²) in [7, 11) is 1.98. The highest BCUT2D eigenvalue weighted by molar-refractivity contribution is 7.98. The van der Waals surface area contributed by atoms with E-state index in [2.05, 4.69) is 20.1 Å². The van der Waals surface area contributed by atoms with Crippen LogP contribution in [0.3, 0.4) is 0 Å². The Morgan fingerprint density at radius 2 is 2.16 bits per heavy atom. The molecule has 10 heteroatoms. The first-order chi connectivity index (χ1) is 12.1. The molecule has 0 N–H and O–H groups in total. The van der Waals surface area contributed by atoms with E-state index < -0.39 is 0 Å². The number of ether oxygens (including phenoxy) is 1. The molecule has 0 aromatic carbocycles. The maximum Gasteiger partial charge on any atom is 0.227 e. The summed E-state index contributed by atoms with van der Waals surface area (Å²) in [4.78, 5) is 20.0. The van der Waals surface area contributed by atoms with Crippen molar-refractivity contribution in [2.24, 2.45) is 7.05 Å². The van der Waals surface area contributed by atoms with Crippen LogP contribution in [0.4, 0.5) is 11.1 Å². The predicted molar refractivity (Wildman–Crippen MR) is 99.4 cm³/mol. The van der Waals surface area contributed by atoms with Crippen LogP contribution in [0.5, 0.6) is 0 Å². The van der Waals surface area contributed by atoms with Crippen molar-refractivity contribution < 1.29 is 9.53 Å². The van der Waals surface area contributed by atoms with E-state index in [1.807, 2.05) is 23.9 Å². The zero-order chi connectivity index (χ0) is 17.8. The average molecular weight is 383 g/mol. The normalized spacial score (nSPS) is 14.8. The summed E-state index contributed by atoms with van der Waals surface area (Å²) >= 11 is 3.09. The number of amides is 1. The number of aromatic nitrogens is 4. The fraction of sp³-hybridized carbons (Fsp3) is 0.600. The van der Waals surface area contributed by atoms with E-state index >= 15 is 0 Å². The van der Waals surface area contributed by atoms with Gasteiger partial charge in [-0.1, -0.05) is 11.8 Å². The van der Waals surface area contributed by atoms with Gasteiger partial charge in [0.15, 0.2) is 10.3 Å². The van der Waals surface area contributed by atoms with Gasteiger partial charge in [0.05, 0.1) is 18.9 Å². The van der Waals surface area contributed by atoms with Crippen LogP contribution in [0.15, 0.2) is 10.5 Å². The summed E-state index contributed by atoms with van der Waals surface area (Å²) in [5.74, 6) is 1.58. The Morgan fingerprint density at radius 1 is 1.40 bits per heavy atom. The number of morpholine rings is 1. The number of nitrogens with zero attached hydrogens (tertiary/aromatic N) is 6. The highest BCUT2D eigenvalue weighted by Crippen LogP contribution is 2.27. The lowest BCUT2D eigenvalue weighted by molar-refractivity contribution is -0.116. The third-order valence-corrected chi connectivity index (χ3v) is 5.89. The number of carbonyl (C=O) groups is 1. The van der Waals surface area contributed by atoms with Gasteiger partial charge in [-0.2, -0.15) is 0 Å². The topological polar surface area (TPSA) is 76.4 Å². The minimum absolute atomic E-state index is 0.0134. The molecule has 0 aliphatic carbocycles. The molecule has 0 radical (unpaired) electrons. The van der Waals surface area contributed by atoms with Crippen molar-refractivity contribution in [1.29, 1.82) is 0 Å². The highest BCUT2D eigenvalue weighted by atomic mass is 32.2. The molecule has 3 heterocycles. The number of anilines is 2. The number of rotatable bonds is 6. The van der Waals surface area contributed by atoms with Gasteiger partial charge in [0.1, 0.15) is 0 Å². The Balaban J connectivity index is 1.63. The molecular formula is C15H22N6O2S2. The van der Waals surface area contributed by atoms with Gasteiger partial charge < -0.3 is 9.64 Å². The molecule has 1 aliphatic heterocycles. The number of thioether (sulfide) groups is 1. The van der Waals surface area contributed by atoms with Gasteiger partial charge in [-0.05, 0) is 6.92 Å². The molecule has 1 saturated heterocycles. The third kappa shape index (κ3) is 4.13. The van der Waals surface area contributed by atoms with E-state index in [1.54, 1.807) is 23.6 Å². The quantitative estimate of drug-likeness (QED) is 0.705. The Labute approximate surface area is 155 Å². The van der Waals surface area contributed by atoms with Crippen LogP contribution in [0.2, 0.25) is 0 Å². The summed E-state index contributed by atoms with van der Waals surface area (Å²) < 4.78 is 7.39. The molecule has 25 heavy (non-hydrogen) atoms. The summed E-state index contributed by atoms with van der Waals surface area (Å²) in [6.07, 6.45) is 0. The lowest BCUT2D eigenvalue weighted by Crippen LogP contribution is -2.37. The van der Waals surface area contributed by atoms with E-state index in [0.29, 0.717) is 12.3 Å². The Kier molecular flexibility index (Phi) is 5.92. The monoisotopic (exact) mass is 382 g/mol. The van der Waals surface area contributed by atoms with Crippen LogP contribution in [-0.2, 0) is 22.3 Å².